The molecule has 0 spiro atoms. The third-order valence-corrected chi connectivity index (χ3v) is 3.30. The molecule has 0 aliphatic heterocycles. The number of carbonyl (C=O) groups excluding carboxylic acids is 1. The summed E-state index contributed by atoms with van der Waals surface area (Å²) in [6.07, 6.45) is 0.221. The normalized spacial score (nSPS) is 9.62. The summed E-state index contributed by atoms with van der Waals surface area (Å²) in [7, 11) is 0. The Bertz CT molecular complexity index is 449. The number of halogens is 1. The van der Waals surface area contributed by atoms with Gasteiger partial charge in [0.15, 0.2) is 0 Å². The Labute approximate surface area is 109 Å². The van der Waals surface area contributed by atoms with Crippen molar-refractivity contribution >= 4 is 28.6 Å². The summed E-state index contributed by atoms with van der Waals surface area (Å²) in [4.78, 5) is 11.3. The van der Waals surface area contributed by atoms with Crippen molar-refractivity contribution in [1.29, 1.82) is 5.26 Å². The van der Waals surface area contributed by atoms with Crippen LogP contribution in [0.3, 0.4) is 0 Å². The van der Waals surface area contributed by atoms with Crippen molar-refractivity contribution in [2.75, 3.05) is 6.61 Å². The van der Waals surface area contributed by atoms with Gasteiger partial charge in [-0.25, -0.2) is 0 Å². The van der Waals surface area contributed by atoms with E-state index in [1.165, 1.54) is 0 Å². The molecule has 0 radical (unpaired) electrons. The van der Waals surface area contributed by atoms with E-state index in [-0.39, 0.29) is 12.4 Å². The van der Waals surface area contributed by atoms with Crippen LogP contribution in [0.2, 0.25) is 0 Å². The lowest BCUT2D eigenvalue weighted by atomic mass is 10.0. The lowest BCUT2D eigenvalue weighted by Crippen LogP contribution is -2.08. The summed E-state index contributed by atoms with van der Waals surface area (Å²) in [5.41, 5.74) is 2.40. The lowest BCUT2D eigenvalue weighted by molar-refractivity contribution is -0.142. The predicted octanol–water partition coefficient (Wildman–Crippen LogP) is 2.58. The molecule has 0 aliphatic rings. The third-order valence-electron chi connectivity index (χ3n) is 2.18. The molecule has 0 amide bonds. The average molecular weight is 329 g/mol. The number of esters is 1. The Hall–Kier alpha value is -1.09. The maximum absolute atomic E-state index is 11.3. The number of rotatable bonds is 3. The van der Waals surface area contributed by atoms with Crippen LogP contribution in [0.15, 0.2) is 12.1 Å². The molecular weight excluding hydrogens is 317 g/mol. The molecule has 0 unspecified atom stereocenters. The highest BCUT2D eigenvalue weighted by Crippen LogP contribution is 2.18. The van der Waals surface area contributed by atoms with E-state index in [9.17, 15) is 4.79 Å². The fraction of sp³-hybridized carbons (Fsp3) is 0.333. The van der Waals surface area contributed by atoms with Crippen LogP contribution in [-0.2, 0) is 16.0 Å². The molecule has 0 saturated carbocycles. The first-order chi connectivity index (χ1) is 7.58. The summed E-state index contributed by atoms with van der Waals surface area (Å²) in [6, 6.07) is 5.78. The van der Waals surface area contributed by atoms with Crippen LogP contribution in [-0.4, -0.2) is 12.6 Å². The van der Waals surface area contributed by atoms with Gasteiger partial charge < -0.3 is 4.74 Å². The second kappa shape index (κ2) is 5.85. The van der Waals surface area contributed by atoms with Crippen molar-refractivity contribution in [1.82, 2.24) is 0 Å². The number of carbonyl (C=O) groups is 1. The first-order valence-corrected chi connectivity index (χ1v) is 6.01. The van der Waals surface area contributed by atoms with Crippen LogP contribution in [0, 0.1) is 21.8 Å². The summed E-state index contributed by atoms with van der Waals surface area (Å²) < 4.78 is 5.86. The largest absolute Gasteiger partial charge is 0.466 e. The van der Waals surface area contributed by atoms with E-state index < -0.39 is 0 Å². The molecule has 1 rings (SSSR count). The van der Waals surface area contributed by atoms with Crippen molar-refractivity contribution in [3.63, 3.8) is 0 Å². The molecule has 0 aliphatic carbocycles. The number of ether oxygens (including phenoxy) is 1. The molecule has 84 valence electrons. The predicted molar refractivity (Wildman–Crippen MR) is 68.9 cm³/mol. The molecule has 0 heterocycles. The molecule has 0 atom stereocenters. The molecule has 0 saturated heterocycles. The average Bonchev–Trinajstić information content (AvgIpc) is 2.23. The van der Waals surface area contributed by atoms with Crippen molar-refractivity contribution < 1.29 is 9.53 Å². The fourth-order valence-corrected chi connectivity index (χ4v) is 2.02. The second-order valence-corrected chi connectivity index (χ2v) is 4.51. The Morgan fingerprint density at radius 2 is 2.25 bits per heavy atom. The maximum atomic E-state index is 11.3. The molecule has 0 aromatic heterocycles. The maximum Gasteiger partial charge on any atom is 0.310 e. The Morgan fingerprint density at radius 1 is 1.56 bits per heavy atom. The monoisotopic (exact) mass is 329 g/mol. The van der Waals surface area contributed by atoms with Gasteiger partial charge in [-0.1, -0.05) is 0 Å². The van der Waals surface area contributed by atoms with E-state index in [1.807, 2.05) is 13.0 Å². The van der Waals surface area contributed by atoms with Gasteiger partial charge in [-0.2, -0.15) is 5.26 Å². The second-order valence-electron chi connectivity index (χ2n) is 3.34. The summed E-state index contributed by atoms with van der Waals surface area (Å²) in [5, 5.41) is 8.94. The number of nitrogens with zero attached hydrogens (tertiary/aromatic N) is 1. The first-order valence-electron chi connectivity index (χ1n) is 4.93. The van der Waals surface area contributed by atoms with Crippen molar-refractivity contribution in [3.05, 3.63) is 32.4 Å². The van der Waals surface area contributed by atoms with Gasteiger partial charge in [0.25, 0.3) is 0 Å². The molecule has 4 heteroatoms. The summed E-state index contributed by atoms with van der Waals surface area (Å²) >= 11 is 2.16. The van der Waals surface area contributed by atoms with Gasteiger partial charge >= 0.3 is 5.97 Å². The van der Waals surface area contributed by atoms with E-state index in [0.29, 0.717) is 12.2 Å². The van der Waals surface area contributed by atoms with Crippen LogP contribution in [0.1, 0.15) is 23.6 Å². The Balaban J connectivity index is 2.95. The first kappa shape index (κ1) is 13.0. The highest BCUT2D eigenvalue weighted by molar-refractivity contribution is 14.1. The van der Waals surface area contributed by atoms with E-state index >= 15 is 0 Å². The van der Waals surface area contributed by atoms with Gasteiger partial charge in [0.2, 0.25) is 0 Å². The smallest absolute Gasteiger partial charge is 0.310 e. The van der Waals surface area contributed by atoms with Gasteiger partial charge in [-0.3, -0.25) is 4.79 Å². The van der Waals surface area contributed by atoms with E-state index in [1.54, 1.807) is 13.0 Å². The minimum Gasteiger partial charge on any atom is -0.466 e. The quantitative estimate of drug-likeness (QED) is 0.633. The van der Waals surface area contributed by atoms with Crippen molar-refractivity contribution in [3.8, 4) is 6.07 Å². The molecule has 0 bridgehead atoms. The topological polar surface area (TPSA) is 50.1 Å². The Kier molecular flexibility index (Phi) is 4.74. The number of nitriles is 1. The minimum absolute atomic E-state index is 0.221. The van der Waals surface area contributed by atoms with Crippen LogP contribution in [0.5, 0.6) is 0 Å². The van der Waals surface area contributed by atoms with Gasteiger partial charge in [0, 0.05) is 3.57 Å². The standard InChI is InChI=1S/C12H12INO2/c1-3-16-12(15)6-9-4-10(7-14)8(2)11(13)5-9/h4-5H,3,6H2,1-2H3. The fourth-order valence-electron chi connectivity index (χ4n) is 1.33. The molecule has 1 aromatic carbocycles. The number of hydrogen-bond donors (Lipinski definition) is 0. The third kappa shape index (κ3) is 3.20. The highest BCUT2D eigenvalue weighted by atomic mass is 127. The zero-order valence-electron chi connectivity index (χ0n) is 9.21. The molecule has 0 fully saturated rings. The highest BCUT2D eigenvalue weighted by Gasteiger charge is 2.09. The molecule has 1 aromatic rings. The van der Waals surface area contributed by atoms with Gasteiger partial charge in [-0.05, 0) is 59.7 Å². The number of benzene rings is 1. The SMILES string of the molecule is CCOC(=O)Cc1cc(I)c(C)c(C#N)c1. The molecule has 16 heavy (non-hydrogen) atoms. The van der Waals surface area contributed by atoms with E-state index in [4.69, 9.17) is 10.00 Å². The molecular formula is C12H12INO2. The Morgan fingerprint density at radius 3 is 2.81 bits per heavy atom. The van der Waals surface area contributed by atoms with Crippen LogP contribution < -0.4 is 0 Å². The van der Waals surface area contributed by atoms with Crippen molar-refractivity contribution in [2.45, 2.75) is 20.3 Å². The summed E-state index contributed by atoms with van der Waals surface area (Å²) in [5.74, 6) is -0.258. The zero-order valence-corrected chi connectivity index (χ0v) is 11.4. The van der Waals surface area contributed by atoms with E-state index in [2.05, 4.69) is 28.7 Å². The number of hydrogen-bond acceptors (Lipinski definition) is 3. The zero-order chi connectivity index (χ0) is 12.1. The van der Waals surface area contributed by atoms with Gasteiger partial charge in [0.05, 0.1) is 24.7 Å². The van der Waals surface area contributed by atoms with Crippen LogP contribution >= 0.6 is 22.6 Å². The van der Waals surface area contributed by atoms with Crippen molar-refractivity contribution in [2.24, 2.45) is 0 Å². The van der Waals surface area contributed by atoms with Crippen LogP contribution in [0.4, 0.5) is 0 Å². The van der Waals surface area contributed by atoms with Gasteiger partial charge in [-0.15, -0.1) is 0 Å². The van der Waals surface area contributed by atoms with Crippen LogP contribution in [0.25, 0.3) is 0 Å². The van der Waals surface area contributed by atoms with E-state index in [0.717, 1.165) is 14.7 Å². The molecule has 0 N–H and O–H groups in total. The minimum atomic E-state index is -0.258. The van der Waals surface area contributed by atoms with Gasteiger partial charge in [0.1, 0.15) is 0 Å². The lowest BCUT2D eigenvalue weighted by Gasteiger charge is -2.06. The summed E-state index contributed by atoms with van der Waals surface area (Å²) in [6.45, 7) is 4.05. The molecule has 3 nitrogen and oxygen atoms in total.